The first-order valence-corrected chi connectivity index (χ1v) is 8.38. The van der Waals surface area contributed by atoms with E-state index in [1.165, 1.54) is 25.0 Å². The van der Waals surface area contributed by atoms with Crippen LogP contribution in [0.25, 0.3) is 0 Å². The van der Waals surface area contributed by atoms with Crippen LogP contribution in [0.3, 0.4) is 0 Å². The minimum absolute atomic E-state index is 0.163. The number of rotatable bonds is 8. The van der Waals surface area contributed by atoms with E-state index in [0.717, 1.165) is 31.4 Å². The van der Waals surface area contributed by atoms with Gasteiger partial charge in [-0.3, -0.25) is 0 Å². The van der Waals surface area contributed by atoms with Crippen LogP contribution in [-0.4, -0.2) is 37.4 Å². The molecule has 1 aromatic rings. The Hall–Kier alpha value is -2.08. The van der Waals surface area contributed by atoms with E-state index in [0.29, 0.717) is 13.1 Å². The Morgan fingerprint density at radius 1 is 1.17 bits per heavy atom. The van der Waals surface area contributed by atoms with Gasteiger partial charge in [-0.1, -0.05) is 25.0 Å². The van der Waals surface area contributed by atoms with Gasteiger partial charge >= 0.3 is 12.0 Å². The molecule has 0 aromatic heterocycles. The molecule has 6 nitrogen and oxygen atoms in total. The van der Waals surface area contributed by atoms with Crippen molar-refractivity contribution < 1.29 is 19.4 Å². The zero-order valence-electron chi connectivity index (χ0n) is 14.1. The number of carbonyl (C=O) groups is 2. The number of hydrogen-bond donors (Lipinski definition) is 3. The van der Waals surface area contributed by atoms with E-state index in [1.54, 1.807) is 19.2 Å². The molecule has 1 aliphatic carbocycles. The lowest BCUT2D eigenvalue weighted by molar-refractivity contribution is 0.0697. The molecule has 0 aliphatic heterocycles. The van der Waals surface area contributed by atoms with Crippen LogP contribution in [0.15, 0.2) is 24.3 Å². The summed E-state index contributed by atoms with van der Waals surface area (Å²) in [6.45, 7) is 1.76. The Morgan fingerprint density at radius 3 is 2.42 bits per heavy atom. The highest BCUT2D eigenvalue weighted by Gasteiger charge is 2.33. The molecule has 0 heterocycles. The molecule has 1 fully saturated rings. The highest BCUT2D eigenvalue weighted by Crippen LogP contribution is 2.40. The average Bonchev–Trinajstić information content (AvgIpc) is 3.06. The number of carbonyl (C=O) groups excluding carboxylic acids is 1. The Kier molecular flexibility index (Phi) is 6.61. The summed E-state index contributed by atoms with van der Waals surface area (Å²) in [5.74, 6) is -0.954. The molecule has 6 heteroatoms. The molecule has 1 aliphatic rings. The molecular formula is C18H26N2O4. The monoisotopic (exact) mass is 334 g/mol. The molecule has 0 bridgehead atoms. The molecule has 2 rings (SSSR count). The number of urea groups is 1. The molecule has 0 saturated heterocycles. The molecule has 3 N–H and O–H groups in total. The number of methoxy groups -OCH3 is 1. The molecule has 1 saturated carbocycles. The number of nitrogens with one attached hydrogen (secondary N) is 2. The average molecular weight is 334 g/mol. The van der Waals surface area contributed by atoms with Crippen LogP contribution in [0.2, 0.25) is 0 Å². The van der Waals surface area contributed by atoms with Crippen molar-refractivity contribution in [1.29, 1.82) is 0 Å². The lowest BCUT2D eigenvalue weighted by Gasteiger charge is -2.29. The third-order valence-electron chi connectivity index (χ3n) is 4.78. The van der Waals surface area contributed by atoms with Gasteiger partial charge in [-0.2, -0.15) is 0 Å². The molecule has 132 valence electrons. The van der Waals surface area contributed by atoms with Crippen molar-refractivity contribution in [1.82, 2.24) is 10.6 Å². The summed E-state index contributed by atoms with van der Waals surface area (Å²) in [5, 5.41) is 14.7. The first-order chi connectivity index (χ1) is 11.5. The number of ether oxygens (including phenoxy) is 1. The van der Waals surface area contributed by atoms with Crippen LogP contribution < -0.4 is 10.6 Å². The summed E-state index contributed by atoms with van der Waals surface area (Å²) < 4.78 is 5.20. The standard InChI is InChI=1S/C18H26N2O4/c1-24-11-10-18(8-2-3-9-18)13-20-17(23)19-12-14-4-6-15(7-5-14)16(21)22/h4-7H,2-3,8-13H2,1H3,(H,21,22)(H2,19,20,23). The van der Waals surface area contributed by atoms with Crippen LogP contribution in [0.4, 0.5) is 4.79 Å². The van der Waals surface area contributed by atoms with Crippen LogP contribution in [-0.2, 0) is 11.3 Å². The molecule has 0 atom stereocenters. The van der Waals surface area contributed by atoms with Crippen molar-refractivity contribution in [2.75, 3.05) is 20.3 Å². The van der Waals surface area contributed by atoms with Crippen LogP contribution >= 0.6 is 0 Å². The van der Waals surface area contributed by atoms with Crippen molar-refractivity contribution in [2.45, 2.75) is 38.6 Å². The van der Waals surface area contributed by atoms with E-state index in [2.05, 4.69) is 10.6 Å². The van der Waals surface area contributed by atoms with Gasteiger partial charge in [0, 0.05) is 26.8 Å². The second-order valence-electron chi connectivity index (χ2n) is 6.49. The third-order valence-corrected chi connectivity index (χ3v) is 4.78. The van der Waals surface area contributed by atoms with Gasteiger partial charge in [0.1, 0.15) is 0 Å². The summed E-state index contributed by atoms with van der Waals surface area (Å²) in [7, 11) is 1.71. The summed E-state index contributed by atoms with van der Waals surface area (Å²) in [5.41, 5.74) is 1.27. The van der Waals surface area contributed by atoms with Gasteiger partial charge in [0.15, 0.2) is 0 Å². The Morgan fingerprint density at radius 2 is 1.83 bits per heavy atom. The Labute approximate surface area is 142 Å². The van der Waals surface area contributed by atoms with Crippen molar-refractivity contribution in [3.05, 3.63) is 35.4 Å². The molecular weight excluding hydrogens is 308 g/mol. The molecule has 0 spiro atoms. The fourth-order valence-corrected chi connectivity index (χ4v) is 3.24. The zero-order valence-corrected chi connectivity index (χ0v) is 14.1. The first kappa shape index (κ1) is 18.3. The van der Waals surface area contributed by atoms with E-state index in [4.69, 9.17) is 9.84 Å². The van der Waals surface area contributed by atoms with Crippen molar-refractivity contribution in [2.24, 2.45) is 5.41 Å². The van der Waals surface area contributed by atoms with Gasteiger partial charge in [0.2, 0.25) is 0 Å². The highest BCUT2D eigenvalue weighted by atomic mass is 16.5. The second kappa shape index (κ2) is 8.68. The molecule has 24 heavy (non-hydrogen) atoms. The summed E-state index contributed by atoms with van der Waals surface area (Å²) in [4.78, 5) is 22.8. The smallest absolute Gasteiger partial charge is 0.335 e. The van der Waals surface area contributed by atoms with Gasteiger partial charge < -0.3 is 20.5 Å². The molecule has 2 amide bonds. The van der Waals surface area contributed by atoms with Crippen molar-refractivity contribution in [3.63, 3.8) is 0 Å². The van der Waals surface area contributed by atoms with Crippen LogP contribution in [0.1, 0.15) is 48.0 Å². The SMILES string of the molecule is COCCC1(CNC(=O)NCc2ccc(C(=O)O)cc2)CCCC1. The van der Waals surface area contributed by atoms with Crippen LogP contribution in [0, 0.1) is 5.41 Å². The topological polar surface area (TPSA) is 87.7 Å². The predicted molar refractivity (Wildman–Crippen MR) is 91.0 cm³/mol. The first-order valence-electron chi connectivity index (χ1n) is 8.38. The molecule has 0 radical (unpaired) electrons. The maximum Gasteiger partial charge on any atom is 0.335 e. The van der Waals surface area contributed by atoms with Gasteiger partial charge in [-0.15, -0.1) is 0 Å². The number of benzene rings is 1. The summed E-state index contributed by atoms with van der Waals surface area (Å²) >= 11 is 0. The lowest BCUT2D eigenvalue weighted by Crippen LogP contribution is -2.42. The van der Waals surface area contributed by atoms with Gasteiger partial charge in [0.25, 0.3) is 0 Å². The van der Waals surface area contributed by atoms with E-state index < -0.39 is 5.97 Å². The number of aromatic carboxylic acids is 1. The number of carboxylic acids is 1. The van der Waals surface area contributed by atoms with Gasteiger partial charge in [0.05, 0.1) is 5.56 Å². The fraction of sp³-hybridized carbons (Fsp3) is 0.556. The second-order valence-corrected chi connectivity index (χ2v) is 6.49. The minimum atomic E-state index is -0.954. The third kappa shape index (κ3) is 5.23. The lowest BCUT2D eigenvalue weighted by atomic mass is 9.83. The molecule has 1 aromatic carbocycles. The number of carboxylic acid groups (broad SMARTS) is 1. The highest BCUT2D eigenvalue weighted by molar-refractivity contribution is 5.87. The number of hydrogen-bond acceptors (Lipinski definition) is 3. The van der Waals surface area contributed by atoms with Gasteiger partial charge in [-0.05, 0) is 42.4 Å². The quantitative estimate of drug-likeness (QED) is 0.682. The van der Waals surface area contributed by atoms with E-state index in [9.17, 15) is 9.59 Å². The van der Waals surface area contributed by atoms with E-state index in [1.807, 2.05) is 0 Å². The molecule has 0 unspecified atom stereocenters. The van der Waals surface area contributed by atoms with E-state index in [-0.39, 0.29) is 17.0 Å². The van der Waals surface area contributed by atoms with Crippen molar-refractivity contribution >= 4 is 12.0 Å². The van der Waals surface area contributed by atoms with Crippen LogP contribution in [0.5, 0.6) is 0 Å². The normalized spacial score (nSPS) is 15.9. The maximum absolute atomic E-state index is 12.0. The number of amides is 2. The largest absolute Gasteiger partial charge is 0.478 e. The minimum Gasteiger partial charge on any atom is -0.478 e. The Bertz CT molecular complexity index is 551. The predicted octanol–water partition coefficient (Wildman–Crippen LogP) is 2.78. The van der Waals surface area contributed by atoms with E-state index >= 15 is 0 Å². The zero-order chi connectivity index (χ0) is 17.4. The fourth-order valence-electron chi connectivity index (χ4n) is 3.24. The Balaban J connectivity index is 1.77. The summed E-state index contributed by atoms with van der Waals surface area (Å²) in [6.07, 6.45) is 5.66. The summed E-state index contributed by atoms with van der Waals surface area (Å²) in [6, 6.07) is 6.30. The van der Waals surface area contributed by atoms with Gasteiger partial charge in [-0.25, -0.2) is 9.59 Å². The van der Waals surface area contributed by atoms with Crippen molar-refractivity contribution in [3.8, 4) is 0 Å². The maximum atomic E-state index is 12.0.